The lowest BCUT2D eigenvalue weighted by molar-refractivity contribution is -0.129. The van der Waals surface area contributed by atoms with Crippen molar-refractivity contribution in [2.24, 2.45) is 0 Å². The molecule has 0 saturated carbocycles. The average molecular weight is 340 g/mol. The van der Waals surface area contributed by atoms with Crippen molar-refractivity contribution in [3.05, 3.63) is 53.4 Å². The summed E-state index contributed by atoms with van der Waals surface area (Å²) in [5, 5.41) is 6.13. The van der Waals surface area contributed by atoms with E-state index in [4.69, 9.17) is 0 Å². The molecule has 0 radical (unpaired) electrons. The Morgan fingerprint density at radius 3 is 3.00 bits per heavy atom. The summed E-state index contributed by atoms with van der Waals surface area (Å²) in [6, 6.07) is 1.81. The Morgan fingerprint density at radius 2 is 2.28 bits per heavy atom. The molecule has 1 aliphatic heterocycles. The standard InChI is InChI=1S/C17H20N6O2/c1-18-4-2-3-16(24)23-10-13(11-23)22-14-7-12(8-21-17(14)25)15-9-19-5-6-20-15/h2-3,5-9,13,18,22H,4,10-11H2,1H3,(H,21,25)/b3-2+. The maximum atomic E-state index is 12.0. The number of nitrogens with one attached hydrogen (secondary N) is 3. The van der Waals surface area contributed by atoms with Gasteiger partial charge in [0.25, 0.3) is 5.56 Å². The number of likely N-dealkylation sites (N-methyl/N-ethyl adjacent to an activating group) is 1. The Hall–Kier alpha value is -3.00. The van der Waals surface area contributed by atoms with Crippen molar-refractivity contribution in [3.8, 4) is 11.3 Å². The lowest BCUT2D eigenvalue weighted by Gasteiger charge is -2.39. The van der Waals surface area contributed by atoms with Crippen LogP contribution in [0.25, 0.3) is 11.3 Å². The number of H-pyrrole nitrogens is 1. The van der Waals surface area contributed by atoms with Gasteiger partial charge in [-0.2, -0.15) is 0 Å². The van der Waals surface area contributed by atoms with Gasteiger partial charge in [0.15, 0.2) is 0 Å². The zero-order valence-electron chi connectivity index (χ0n) is 13.9. The second-order valence-electron chi connectivity index (χ2n) is 5.77. The Labute approximate surface area is 145 Å². The van der Waals surface area contributed by atoms with Crippen molar-refractivity contribution in [2.75, 3.05) is 32.0 Å². The Bertz CT molecular complexity index is 811. The number of carbonyl (C=O) groups excluding carboxylic acids is 1. The quantitative estimate of drug-likeness (QED) is 0.651. The topological polar surface area (TPSA) is 103 Å². The van der Waals surface area contributed by atoms with Crippen LogP contribution in [0.5, 0.6) is 0 Å². The first-order valence-corrected chi connectivity index (χ1v) is 8.03. The van der Waals surface area contributed by atoms with Crippen molar-refractivity contribution in [1.29, 1.82) is 0 Å². The smallest absolute Gasteiger partial charge is 0.271 e. The van der Waals surface area contributed by atoms with Crippen LogP contribution >= 0.6 is 0 Å². The fourth-order valence-corrected chi connectivity index (χ4v) is 2.54. The van der Waals surface area contributed by atoms with E-state index in [2.05, 4.69) is 25.6 Å². The van der Waals surface area contributed by atoms with Crippen molar-refractivity contribution in [2.45, 2.75) is 6.04 Å². The van der Waals surface area contributed by atoms with E-state index in [1.165, 1.54) is 0 Å². The predicted octanol–water partition coefficient (Wildman–Crippen LogP) is 0.230. The highest BCUT2D eigenvalue weighted by Gasteiger charge is 2.29. The minimum atomic E-state index is -0.202. The van der Waals surface area contributed by atoms with Gasteiger partial charge in [0, 0.05) is 49.9 Å². The molecule has 1 fully saturated rings. The van der Waals surface area contributed by atoms with E-state index in [1.807, 2.05) is 7.05 Å². The van der Waals surface area contributed by atoms with Gasteiger partial charge in [-0.25, -0.2) is 0 Å². The number of aromatic amines is 1. The van der Waals surface area contributed by atoms with Gasteiger partial charge in [-0.05, 0) is 13.1 Å². The maximum Gasteiger partial charge on any atom is 0.271 e. The highest BCUT2D eigenvalue weighted by atomic mass is 16.2. The minimum Gasteiger partial charge on any atom is -0.374 e. The number of likely N-dealkylation sites (tertiary alicyclic amines) is 1. The second-order valence-corrected chi connectivity index (χ2v) is 5.77. The molecule has 130 valence electrons. The molecule has 1 amide bonds. The van der Waals surface area contributed by atoms with Gasteiger partial charge in [0.2, 0.25) is 5.91 Å². The maximum absolute atomic E-state index is 12.0. The molecule has 0 aliphatic carbocycles. The summed E-state index contributed by atoms with van der Waals surface area (Å²) in [5.74, 6) is -0.0180. The van der Waals surface area contributed by atoms with Crippen LogP contribution in [0.1, 0.15) is 0 Å². The molecule has 0 atom stereocenters. The molecular weight excluding hydrogens is 320 g/mol. The molecule has 3 rings (SSSR count). The fraction of sp³-hybridized carbons (Fsp3) is 0.294. The summed E-state index contributed by atoms with van der Waals surface area (Å²) in [7, 11) is 1.82. The second kappa shape index (κ2) is 7.71. The molecule has 25 heavy (non-hydrogen) atoms. The zero-order chi connectivity index (χ0) is 17.6. The first-order chi connectivity index (χ1) is 12.2. The number of anilines is 1. The number of rotatable bonds is 6. The highest BCUT2D eigenvalue weighted by molar-refractivity contribution is 5.88. The average Bonchev–Trinajstić information content (AvgIpc) is 2.60. The molecule has 1 saturated heterocycles. The number of hydrogen-bond acceptors (Lipinski definition) is 6. The third-order valence-electron chi connectivity index (χ3n) is 3.90. The molecule has 0 unspecified atom stereocenters. The summed E-state index contributed by atoms with van der Waals surface area (Å²) in [5.41, 5.74) is 1.72. The van der Waals surface area contributed by atoms with E-state index in [1.54, 1.807) is 47.9 Å². The van der Waals surface area contributed by atoms with Crippen LogP contribution in [0.2, 0.25) is 0 Å². The van der Waals surface area contributed by atoms with E-state index in [9.17, 15) is 9.59 Å². The van der Waals surface area contributed by atoms with E-state index >= 15 is 0 Å². The molecule has 8 nitrogen and oxygen atoms in total. The molecule has 8 heteroatoms. The Balaban J connectivity index is 1.61. The monoisotopic (exact) mass is 340 g/mol. The van der Waals surface area contributed by atoms with Gasteiger partial charge in [0.05, 0.1) is 17.9 Å². The lowest BCUT2D eigenvalue weighted by atomic mass is 10.1. The zero-order valence-corrected chi connectivity index (χ0v) is 13.9. The van der Waals surface area contributed by atoms with Crippen LogP contribution in [0, 0.1) is 0 Å². The minimum absolute atomic E-state index is 0.0180. The van der Waals surface area contributed by atoms with Gasteiger partial charge in [-0.15, -0.1) is 0 Å². The summed E-state index contributed by atoms with van der Waals surface area (Å²) in [6.45, 7) is 1.79. The number of aromatic nitrogens is 3. The summed E-state index contributed by atoms with van der Waals surface area (Å²) < 4.78 is 0. The third-order valence-corrected chi connectivity index (χ3v) is 3.90. The molecule has 0 bridgehead atoms. The van der Waals surface area contributed by atoms with Crippen LogP contribution in [-0.2, 0) is 4.79 Å². The predicted molar refractivity (Wildman–Crippen MR) is 95.1 cm³/mol. The first-order valence-electron chi connectivity index (χ1n) is 8.03. The van der Waals surface area contributed by atoms with Crippen LogP contribution in [0.4, 0.5) is 5.69 Å². The van der Waals surface area contributed by atoms with E-state index in [0.29, 0.717) is 31.0 Å². The molecule has 1 aliphatic rings. The molecule has 3 heterocycles. The van der Waals surface area contributed by atoms with Gasteiger partial charge < -0.3 is 20.5 Å². The molecular formula is C17H20N6O2. The van der Waals surface area contributed by atoms with E-state index < -0.39 is 0 Å². The normalized spacial score (nSPS) is 14.5. The highest BCUT2D eigenvalue weighted by Crippen LogP contribution is 2.18. The number of carbonyl (C=O) groups is 1. The Morgan fingerprint density at radius 1 is 1.44 bits per heavy atom. The summed E-state index contributed by atoms with van der Waals surface area (Å²) in [4.78, 5) is 36.6. The lowest BCUT2D eigenvalue weighted by Crippen LogP contribution is -2.57. The largest absolute Gasteiger partial charge is 0.374 e. The number of pyridine rings is 1. The van der Waals surface area contributed by atoms with Gasteiger partial charge in [-0.3, -0.25) is 19.6 Å². The van der Waals surface area contributed by atoms with Crippen LogP contribution in [0.15, 0.2) is 47.8 Å². The molecule has 0 aromatic carbocycles. The van der Waals surface area contributed by atoms with Crippen LogP contribution in [0.3, 0.4) is 0 Å². The molecule has 3 N–H and O–H groups in total. The fourth-order valence-electron chi connectivity index (χ4n) is 2.54. The third kappa shape index (κ3) is 4.10. The number of amides is 1. The first kappa shape index (κ1) is 16.8. The number of hydrogen-bond donors (Lipinski definition) is 3. The molecule has 2 aromatic heterocycles. The van der Waals surface area contributed by atoms with Crippen molar-refractivity contribution < 1.29 is 4.79 Å². The summed E-state index contributed by atoms with van der Waals surface area (Å²) >= 11 is 0. The SMILES string of the molecule is CNC/C=C/C(=O)N1CC(Nc2cc(-c3cnccn3)c[nH]c2=O)C1. The van der Waals surface area contributed by atoms with Crippen molar-refractivity contribution in [1.82, 2.24) is 25.2 Å². The van der Waals surface area contributed by atoms with Crippen LogP contribution < -0.4 is 16.2 Å². The van der Waals surface area contributed by atoms with Gasteiger partial charge >= 0.3 is 0 Å². The van der Waals surface area contributed by atoms with Gasteiger partial charge in [0.1, 0.15) is 5.69 Å². The molecule has 0 spiro atoms. The van der Waals surface area contributed by atoms with Crippen molar-refractivity contribution in [3.63, 3.8) is 0 Å². The van der Waals surface area contributed by atoms with E-state index in [0.717, 1.165) is 5.56 Å². The Kier molecular flexibility index (Phi) is 5.20. The van der Waals surface area contributed by atoms with Crippen LogP contribution in [-0.4, -0.2) is 58.5 Å². The van der Waals surface area contributed by atoms with E-state index in [-0.39, 0.29) is 17.5 Å². The molecule has 2 aromatic rings. The summed E-state index contributed by atoms with van der Waals surface area (Å²) in [6.07, 6.45) is 9.80. The van der Waals surface area contributed by atoms with Gasteiger partial charge in [-0.1, -0.05) is 6.08 Å². The van der Waals surface area contributed by atoms with Crippen molar-refractivity contribution >= 4 is 11.6 Å². The number of nitrogens with zero attached hydrogens (tertiary/aromatic N) is 3.